The van der Waals surface area contributed by atoms with E-state index in [0.717, 1.165) is 17.3 Å². The molecule has 1 aliphatic heterocycles. The normalized spacial score (nSPS) is 15.2. The highest BCUT2D eigenvalue weighted by atomic mass is 35.5. The second-order valence-corrected chi connectivity index (χ2v) is 10.4. The first-order valence-corrected chi connectivity index (χ1v) is 13.7. The van der Waals surface area contributed by atoms with E-state index < -0.39 is 11.7 Å². The highest BCUT2D eigenvalue weighted by Gasteiger charge is 2.33. The van der Waals surface area contributed by atoms with Crippen molar-refractivity contribution in [2.45, 2.75) is 32.0 Å². The number of rotatable bonds is 12. The summed E-state index contributed by atoms with van der Waals surface area (Å²) in [5.74, 6) is 0.0204. The Kier molecular flexibility index (Phi) is 11.7. The molecule has 0 aliphatic carbocycles. The molecule has 3 rings (SSSR count). The number of hydrogen-bond donors (Lipinski definition) is 0. The largest absolute Gasteiger partial charge is 0.416 e. The maximum atomic E-state index is 13.7. The van der Waals surface area contributed by atoms with Crippen molar-refractivity contribution in [2.24, 2.45) is 0 Å². The Bertz CT molecular complexity index is 1090. The lowest BCUT2D eigenvalue weighted by atomic mass is 9.99. The molecule has 2 aromatic carbocycles. The number of methoxy groups -OCH3 is 2. The first-order chi connectivity index (χ1) is 18.5. The summed E-state index contributed by atoms with van der Waals surface area (Å²) < 4.78 is 51.5. The Balaban J connectivity index is 1.73. The van der Waals surface area contributed by atoms with Crippen molar-refractivity contribution in [1.82, 2.24) is 9.80 Å². The van der Waals surface area contributed by atoms with Crippen LogP contribution in [0.5, 0.6) is 0 Å². The number of aryl methyl sites for hydroxylation is 1. The summed E-state index contributed by atoms with van der Waals surface area (Å²) in [5, 5.41) is 1.08. The van der Waals surface area contributed by atoms with Gasteiger partial charge in [0.2, 0.25) is 5.91 Å². The minimum atomic E-state index is -4.45. The van der Waals surface area contributed by atoms with Crippen LogP contribution in [-0.2, 0) is 26.9 Å². The van der Waals surface area contributed by atoms with Crippen LogP contribution in [0.3, 0.4) is 0 Å². The molecule has 1 unspecified atom stereocenters. The summed E-state index contributed by atoms with van der Waals surface area (Å²) in [4.78, 5) is 18.8. The predicted octanol–water partition coefficient (Wildman–Crippen LogP) is 5.95. The zero-order valence-corrected chi connectivity index (χ0v) is 24.1. The number of carbonyl (C=O) groups excluding carboxylic acids is 1. The molecule has 39 heavy (non-hydrogen) atoms. The van der Waals surface area contributed by atoms with Gasteiger partial charge in [-0.2, -0.15) is 13.2 Å². The van der Waals surface area contributed by atoms with Gasteiger partial charge in [0.1, 0.15) is 0 Å². The van der Waals surface area contributed by atoms with Crippen LogP contribution in [0.15, 0.2) is 36.4 Å². The lowest BCUT2D eigenvalue weighted by Crippen LogP contribution is -2.49. The number of anilines is 1. The van der Waals surface area contributed by atoms with Crippen LogP contribution in [0.1, 0.15) is 36.1 Å². The van der Waals surface area contributed by atoms with Gasteiger partial charge in [-0.3, -0.25) is 9.69 Å². The minimum absolute atomic E-state index is 0.0204. The smallest absolute Gasteiger partial charge is 0.383 e. The van der Waals surface area contributed by atoms with Crippen LogP contribution in [0, 0.1) is 0 Å². The number of nitrogens with zero attached hydrogens (tertiary/aromatic N) is 3. The SMILES string of the molecule is COCCN(CCOC)C(C)c1cc(C(F)(F)F)ccc1N1CCN(C(=O)CCc2ccc(Cl)cc2Cl)CC1. The van der Waals surface area contributed by atoms with Crippen molar-refractivity contribution in [1.29, 1.82) is 0 Å². The van der Waals surface area contributed by atoms with Crippen molar-refractivity contribution in [3.8, 4) is 0 Å². The first-order valence-electron chi connectivity index (χ1n) is 12.9. The predicted molar refractivity (Wildman–Crippen MR) is 149 cm³/mol. The van der Waals surface area contributed by atoms with Crippen LogP contribution in [-0.4, -0.2) is 82.4 Å². The third-order valence-corrected chi connectivity index (χ3v) is 7.70. The zero-order chi connectivity index (χ0) is 28.6. The fraction of sp³-hybridized carbons (Fsp3) is 0.536. The van der Waals surface area contributed by atoms with Gasteiger partial charge in [0.05, 0.1) is 18.8 Å². The first kappa shape index (κ1) is 31.5. The van der Waals surface area contributed by atoms with E-state index in [2.05, 4.69) is 9.80 Å². The molecule has 0 N–H and O–H groups in total. The Morgan fingerprint density at radius 2 is 1.64 bits per heavy atom. The van der Waals surface area contributed by atoms with Gasteiger partial charge >= 0.3 is 6.18 Å². The fourth-order valence-corrected chi connectivity index (χ4v) is 5.29. The molecule has 1 heterocycles. The van der Waals surface area contributed by atoms with Crippen molar-refractivity contribution >= 4 is 34.8 Å². The summed E-state index contributed by atoms with van der Waals surface area (Å²) in [6.07, 6.45) is -3.62. The van der Waals surface area contributed by atoms with Crippen molar-refractivity contribution in [3.63, 3.8) is 0 Å². The molecule has 1 atom stereocenters. The molecule has 1 saturated heterocycles. The lowest BCUT2D eigenvalue weighted by Gasteiger charge is -2.39. The van der Waals surface area contributed by atoms with E-state index >= 15 is 0 Å². The summed E-state index contributed by atoms with van der Waals surface area (Å²) in [6, 6.07) is 8.87. The molecule has 0 spiro atoms. The molecule has 0 bridgehead atoms. The molecule has 0 radical (unpaired) electrons. The standard InChI is InChI=1S/C28H36Cl2F3N3O3/c1-20(34(14-16-38-2)15-17-39-3)24-18-22(28(31,32)33)6-8-26(24)35-10-12-36(13-11-35)27(37)9-5-21-4-7-23(29)19-25(21)30/h4,6-8,18-20H,5,9-17H2,1-3H3. The number of carbonyl (C=O) groups is 1. The maximum Gasteiger partial charge on any atom is 0.416 e. The molecular formula is C28H36Cl2F3N3O3. The molecule has 11 heteroatoms. The summed E-state index contributed by atoms with van der Waals surface area (Å²) in [6.45, 7) is 5.93. The third kappa shape index (κ3) is 8.72. The zero-order valence-electron chi connectivity index (χ0n) is 22.6. The van der Waals surface area contributed by atoms with Gasteiger partial charge < -0.3 is 19.3 Å². The maximum absolute atomic E-state index is 13.7. The highest BCUT2D eigenvalue weighted by molar-refractivity contribution is 6.35. The number of piperazine rings is 1. The van der Waals surface area contributed by atoms with E-state index in [1.54, 1.807) is 37.3 Å². The number of benzene rings is 2. The van der Waals surface area contributed by atoms with Crippen molar-refractivity contribution in [3.05, 3.63) is 63.1 Å². The number of alkyl halides is 3. The molecule has 1 fully saturated rings. The monoisotopic (exact) mass is 589 g/mol. The van der Waals surface area contributed by atoms with Gasteiger partial charge in [-0.25, -0.2) is 0 Å². The number of hydrogen-bond acceptors (Lipinski definition) is 5. The topological polar surface area (TPSA) is 45.3 Å². The van der Waals surface area contributed by atoms with Crippen LogP contribution in [0.4, 0.5) is 18.9 Å². The van der Waals surface area contributed by atoms with Crippen molar-refractivity contribution in [2.75, 3.05) is 71.6 Å². The Hall–Kier alpha value is -2.04. The molecular weight excluding hydrogens is 554 g/mol. The second-order valence-electron chi connectivity index (χ2n) is 9.57. The summed E-state index contributed by atoms with van der Waals surface area (Å²) in [7, 11) is 3.19. The summed E-state index contributed by atoms with van der Waals surface area (Å²) in [5.41, 5.74) is 1.52. The average Bonchev–Trinajstić information content (AvgIpc) is 2.91. The second kappa shape index (κ2) is 14.6. The quantitative estimate of drug-likeness (QED) is 0.306. The molecule has 1 aliphatic rings. The van der Waals surface area contributed by atoms with Gasteiger partial charge in [0.15, 0.2) is 0 Å². The fourth-order valence-electron chi connectivity index (χ4n) is 4.79. The summed E-state index contributed by atoms with van der Waals surface area (Å²) >= 11 is 12.2. The van der Waals surface area contributed by atoms with Gasteiger partial charge in [-0.15, -0.1) is 0 Å². The van der Waals surface area contributed by atoms with Gasteiger partial charge in [-0.05, 0) is 54.8 Å². The minimum Gasteiger partial charge on any atom is -0.383 e. The van der Waals surface area contributed by atoms with E-state index in [4.69, 9.17) is 32.7 Å². The number of halogens is 5. The Labute approximate surface area is 238 Å². The van der Waals surface area contributed by atoms with Crippen LogP contribution in [0.2, 0.25) is 10.0 Å². The van der Waals surface area contributed by atoms with Crippen molar-refractivity contribution < 1.29 is 27.4 Å². The average molecular weight is 591 g/mol. The third-order valence-electron chi connectivity index (χ3n) is 7.11. The molecule has 0 saturated carbocycles. The van der Waals surface area contributed by atoms with E-state index in [1.165, 1.54) is 6.07 Å². The lowest BCUT2D eigenvalue weighted by molar-refractivity contribution is -0.137. The van der Waals surface area contributed by atoms with Crippen LogP contribution < -0.4 is 4.90 Å². The number of ether oxygens (including phenoxy) is 2. The molecule has 216 valence electrons. The van der Waals surface area contributed by atoms with Gasteiger partial charge in [0.25, 0.3) is 0 Å². The van der Waals surface area contributed by atoms with Crippen LogP contribution in [0.25, 0.3) is 0 Å². The van der Waals surface area contributed by atoms with E-state index in [1.807, 2.05) is 13.0 Å². The van der Waals surface area contributed by atoms with E-state index in [0.29, 0.717) is 80.9 Å². The van der Waals surface area contributed by atoms with E-state index in [-0.39, 0.29) is 11.9 Å². The molecule has 6 nitrogen and oxygen atoms in total. The highest BCUT2D eigenvalue weighted by Crippen LogP contribution is 2.37. The molecule has 1 amide bonds. The van der Waals surface area contributed by atoms with Gasteiger partial charge in [-0.1, -0.05) is 29.3 Å². The Morgan fingerprint density at radius 1 is 1.00 bits per heavy atom. The molecule has 2 aromatic rings. The van der Waals surface area contributed by atoms with Crippen LogP contribution >= 0.6 is 23.2 Å². The van der Waals surface area contributed by atoms with E-state index in [9.17, 15) is 18.0 Å². The molecule has 0 aromatic heterocycles. The van der Waals surface area contributed by atoms with Gasteiger partial charge in [0, 0.05) is 81.7 Å². The Morgan fingerprint density at radius 3 is 2.21 bits per heavy atom. The number of amides is 1.